The predicted molar refractivity (Wildman–Crippen MR) is 118 cm³/mol. The van der Waals surface area contributed by atoms with Gasteiger partial charge in [-0.15, -0.1) is 0 Å². The SMILES string of the molecule is Brc1ccc(-c2cc(C3CCCCC3)c3c(ccc4ccccc43)n2)cc1. The molecule has 1 aliphatic carbocycles. The van der Waals surface area contributed by atoms with Crippen molar-refractivity contribution in [1.29, 1.82) is 0 Å². The minimum absolute atomic E-state index is 0.643. The van der Waals surface area contributed by atoms with Gasteiger partial charge in [-0.05, 0) is 59.4 Å². The van der Waals surface area contributed by atoms with Crippen molar-refractivity contribution in [2.45, 2.75) is 38.0 Å². The lowest BCUT2D eigenvalue weighted by Gasteiger charge is -2.24. The Labute approximate surface area is 168 Å². The van der Waals surface area contributed by atoms with Crippen LogP contribution >= 0.6 is 15.9 Å². The van der Waals surface area contributed by atoms with Crippen molar-refractivity contribution >= 4 is 37.6 Å². The van der Waals surface area contributed by atoms with Crippen LogP contribution in [0.3, 0.4) is 0 Å². The molecule has 1 nitrogen and oxygen atoms in total. The summed E-state index contributed by atoms with van der Waals surface area (Å²) >= 11 is 3.54. The molecule has 0 radical (unpaired) electrons. The predicted octanol–water partition coefficient (Wildman–Crippen LogP) is 7.87. The first-order chi connectivity index (χ1) is 13.3. The van der Waals surface area contributed by atoms with Crippen molar-refractivity contribution < 1.29 is 0 Å². The van der Waals surface area contributed by atoms with E-state index in [1.807, 2.05) is 0 Å². The molecule has 3 aromatic carbocycles. The van der Waals surface area contributed by atoms with E-state index in [4.69, 9.17) is 4.98 Å². The molecule has 0 aliphatic heterocycles. The lowest BCUT2D eigenvalue weighted by atomic mass is 9.81. The Kier molecular flexibility index (Phi) is 4.45. The highest BCUT2D eigenvalue weighted by atomic mass is 79.9. The van der Waals surface area contributed by atoms with Gasteiger partial charge >= 0.3 is 0 Å². The fraction of sp³-hybridized carbons (Fsp3) is 0.240. The van der Waals surface area contributed by atoms with Crippen molar-refractivity contribution in [2.75, 3.05) is 0 Å². The minimum Gasteiger partial charge on any atom is -0.248 e. The van der Waals surface area contributed by atoms with Gasteiger partial charge in [0.15, 0.2) is 0 Å². The Balaban J connectivity index is 1.79. The van der Waals surface area contributed by atoms with Crippen molar-refractivity contribution in [3.63, 3.8) is 0 Å². The Hall–Kier alpha value is -2.19. The van der Waals surface area contributed by atoms with Crippen molar-refractivity contribution in [3.05, 3.63) is 76.8 Å². The summed E-state index contributed by atoms with van der Waals surface area (Å²) in [5.41, 5.74) is 4.89. The normalized spacial score (nSPS) is 15.4. The van der Waals surface area contributed by atoms with E-state index in [1.54, 1.807) is 0 Å². The molecule has 0 bridgehead atoms. The lowest BCUT2D eigenvalue weighted by molar-refractivity contribution is 0.445. The van der Waals surface area contributed by atoms with Gasteiger partial charge in [0.2, 0.25) is 0 Å². The second-order valence-electron chi connectivity index (χ2n) is 7.62. The Morgan fingerprint density at radius 2 is 1.59 bits per heavy atom. The quantitative estimate of drug-likeness (QED) is 0.303. The molecule has 4 aromatic rings. The van der Waals surface area contributed by atoms with Crippen molar-refractivity contribution in [1.82, 2.24) is 4.98 Å². The van der Waals surface area contributed by atoms with E-state index in [-0.39, 0.29) is 0 Å². The van der Waals surface area contributed by atoms with Crippen LogP contribution in [0.25, 0.3) is 32.9 Å². The summed E-state index contributed by atoms with van der Waals surface area (Å²) < 4.78 is 1.10. The van der Waals surface area contributed by atoms with Gasteiger partial charge in [0, 0.05) is 15.4 Å². The molecular formula is C25H22BrN. The smallest absolute Gasteiger partial charge is 0.0718 e. The molecule has 134 valence electrons. The Morgan fingerprint density at radius 3 is 2.41 bits per heavy atom. The van der Waals surface area contributed by atoms with Gasteiger partial charge in [0.25, 0.3) is 0 Å². The average Bonchev–Trinajstić information content (AvgIpc) is 2.74. The third-order valence-electron chi connectivity index (χ3n) is 5.91. The van der Waals surface area contributed by atoms with Crippen LogP contribution in [-0.4, -0.2) is 4.98 Å². The summed E-state index contributed by atoms with van der Waals surface area (Å²) in [6, 6.07) is 24.0. The van der Waals surface area contributed by atoms with Crippen LogP contribution in [0.1, 0.15) is 43.6 Å². The molecule has 1 aromatic heterocycles. The molecule has 0 atom stereocenters. The van der Waals surface area contributed by atoms with Gasteiger partial charge in [-0.1, -0.05) is 77.7 Å². The highest BCUT2D eigenvalue weighted by Crippen LogP contribution is 2.40. The average molecular weight is 416 g/mol. The van der Waals surface area contributed by atoms with Gasteiger partial charge in [0.1, 0.15) is 0 Å². The molecule has 1 fully saturated rings. The van der Waals surface area contributed by atoms with Crippen LogP contribution in [0.5, 0.6) is 0 Å². The van der Waals surface area contributed by atoms with E-state index in [9.17, 15) is 0 Å². The Bertz CT molecular complexity index is 1110. The van der Waals surface area contributed by atoms with E-state index >= 15 is 0 Å². The number of pyridine rings is 1. The highest BCUT2D eigenvalue weighted by Gasteiger charge is 2.20. The molecule has 0 saturated heterocycles. The van der Waals surface area contributed by atoms with Crippen LogP contribution in [0.15, 0.2) is 71.2 Å². The number of rotatable bonds is 2. The molecule has 1 saturated carbocycles. The lowest BCUT2D eigenvalue weighted by Crippen LogP contribution is -2.06. The zero-order valence-electron chi connectivity index (χ0n) is 15.3. The van der Waals surface area contributed by atoms with E-state index in [1.165, 1.54) is 59.4 Å². The van der Waals surface area contributed by atoms with E-state index in [0.29, 0.717) is 5.92 Å². The van der Waals surface area contributed by atoms with Crippen LogP contribution < -0.4 is 0 Å². The largest absolute Gasteiger partial charge is 0.248 e. The summed E-state index contributed by atoms with van der Waals surface area (Å²) in [7, 11) is 0. The summed E-state index contributed by atoms with van der Waals surface area (Å²) in [6.45, 7) is 0. The fourth-order valence-electron chi connectivity index (χ4n) is 4.54. The first kappa shape index (κ1) is 16.9. The molecule has 1 aliphatic rings. The van der Waals surface area contributed by atoms with Crippen LogP contribution in [-0.2, 0) is 0 Å². The third kappa shape index (κ3) is 3.17. The van der Waals surface area contributed by atoms with Crippen molar-refractivity contribution in [2.24, 2.45) is 0 Å². The van der Waals surface area contributed by atoms with E-state index in [0.717, 1.165) is 15.7 Å². The summed E-state index contributed by atoms with van der Waals surface area (Å²) in [4.78, 5) is 5.07. The van der Waals surface area contributed by atoms with E-state index in [2.05, 4.69) is 82.7 Å². The molecule has 0 N–H and O–H groups in total. The number of benzene rings is 3. The standard InChI is InChI=1S/C25H22BrN/c26-20-13-10-19(11-14-20)24-16-22(17-6-2-1-3-7-17)25-21-9-5-4-8-18(21)12-15-23(25)27-24/h4-5,8-17H,1-3,6-7H2. The molecular weight excluding hydrogens is 394 g/mol. The number of fused-ring (bicyclic) bond motifs is 3. The van der Waals surface area contributed by atoms with Crippen LogP contribution in [0.2, 0.25) is 0 Å². The zero-order valence-corrected chi connectivity index (χ0v) is 16.9. The second kappa shape index (κ2) is 7.09. The maximum atomic E-state index is 5.07. The van der Waals surface area contributed by atoms with Gasteiger partial charge in [-0.25, -0.2) is 4.98 Å². The number of halogens is 1. The second-order valence-corrected chi connectivity index (χ2v) is 8.54. The first-order valence-electron chi connectivity index (χ1n) is 9.88. The number of hydrogen-bond donors (Lipinski definition) is 0. The molecule has 2 heteroatoms. The first-order valence-corrected chi connectivity index (χ1v) is 10.7. The molecule has 0 unspecified atom stereocenters. The molecule has 27 heavy (non-hydrogen) atoms. The van der Waals surface area contributed by atoms with Crippen LogP contribution in [0.4, 0.5) is 0 Å². The van der Waals surface area contributed by atoms with Gasteiger partial charge in [-0.2, -0.15) is 0 Å². The van der Waals surface area contributed by atoms with Gasteiger partial charge in [-0.3, -0.25) is 0 Å². The maximum absolute atomic E-state index is 5.07. The molecule has 1 heterocycles. The number of aromatic nitrogens is 1. The van der Waals surface area contributed by atoms with Gasteiger partial charge < -0.3 is 0 Å². The number of hydrogen-bond acceptors (Lipinski definition) is 1. The fourth-order valence-corrected chi connectivity index (χ4v) is 4.81. The molecule has 5 rings (SSSR count). The minimum atomic E-state index is 0.643. The topological polar surface area (TPSA) is 12.9 Å². The summed E-state index contributed by atoms with van der Waals surface area (Å²) in [5, 5.41) is 4.01. The highest BCUT2D eigenvalue weighted by molar-refractivity contribution is 9.10. The van der Waals surface area contributed by atoms with E-state index < -0.39 is 0 Å². The Morgan fingerprint density at radius 1 is 0.815 bits per heavy atom. The summed E-state index contributed by atoms with van der Waals surface area (Å²) in [6.07, 6.45) is 6.64. The van der Waals surface area contributed by atoms with Gasteiger partial charge in [0.05, 0.1) is 11.2 Å². The summed E-state index contributed by atoms with van der Waals surface area (Å²) in [5.74, 6) is 0.643. The monoisotopic (exact) mass is 415 g/mol. The van der Waals surface area contributed by atoms with Crippen LogP contribution in [0, 0.1) is 0 Å². The molecule has 0 amide bonds. The maximum Gasteiger partial charge on any atom is 0.0718 e. The zero-order chi connectivity index (χ0) is 18.2. The number of nitrogens with zero attached hydrogens (tertiary/aromatic N) is 1. The molecule has 0 spiro atoms. The third-order valence-corrected chi connectivity index (χ3v) is 6.44. The van der Waals surface area contributed by atoms with Crippen molar-refractivity contribution in [3.8, 4) is 11.3 Å².